The second-order valence-electron chi connectivity index (χ2n) is 4.38. The van der Waals surface area contributed by atoms with Gasteiger partial charge < -0.3 is 10.5 Å². The minimum atomic E-state index is -4.65. The third-order valence-electron chi connectivity index (χ3n) is 2.57. The SMILES string of the molecule is CCC(C)(N)Cc1ccc(OC(F)(F)F)cc1. The zero-order valence-corrected chi connectivity index (χ0v) is 9.84. The van der Waals surface area contributed by atoms with E-state index in [-0.39, 0.29) is 11.3 Å². The van der Waals surface area contributed by atoms with Gasteiger partial charge in [0.25, 0.3) is 0 Å². The first kappa shape index (κ1) is 13.8. The van der Waals surface area contributed by atoms with Crippen molar-refractivity contribution in [1.29, 1.82) is 0 Å². The van der Waals surface area contributed by atoms with Gasteiger partial charge in [0.2, 0.25) is 0 Å². The van der Waals surface area contributed by atoms with Crippen LogP contribution in [0, 0.1) is 0 Å². The molecule has 17 heavy (non-hydrogen) atoms. The summed E-state index contributed by atoms with van der Waals surface area (Å²) < 4.78 is 39.6. The largest absolute Gasteiger partial charge is 0.573 e. The summed E-state index contributed by atoms with van der Waals surface area (Å²) in [6.07, 6.45) is -3.23. The Morgan fingerprint density at radius 1 is 1.18 bits per heavy atom. The summed E-state index contributed by atoms with van der Waals surface area (Å²) in [4.78, 5) is 0. The number of rotatable bonds is 4. The lowest BCUT2D eigenvalue weighted by Crippen LogP contribution is -2.37. The summed E-state index contributed by atoms with van der Waals surface area (Å²) in [6, 6.07) is 5.80. The van der Waals surface area contributed by atoms with E-state index in [1.165, 1.54) is 12.1 Å². The molecule has 1 rings (SSSR count). The van der Waals surface area contributed by atoms with Crippen molar-refractivity contribution < 1.29 is 17.9 Å². The van der Waals surface area contributed by atoms with Gasteiger partial charge >= 0.3 is 6.36 Å². The standard InChI is InChI=1S/C12H16F3NO/c1-3-11(2,16)8-9-4-6-10(7-5-9)17-12(13,14)15/h4-7H,3,8,16H2,1-2H3. The van der Waals surface area contributed by atoms with Crippen LogP contribution in [0.4, 0.5) is 13.2 Å². The van der Waals surface area contributed by atoms with E-state index < -0.39 is 6.36 Å². The van der Waals surface area contributed by atoms with Gasteiger partial charge in [-0.25, -0.2) is 0 Å². The van der Waals surface area contributed by atoms with Crippen molar-refractivity contribution in [1.82, 2.24) is 0 Å². The monoisotopic (exact) mass is 247 g/mol. The van der Waals surface area contributed by atoms with Crippen molar-refractivity contribution >= 4 is 0 Å². The first-order valence-electron chi connectivity index (χ1n) is 5.35. The van der Waals surface area contributed by atoms with Gasteiger partial charge in [0.15, 0.2) is 0 Å². The Hall–Kier alpha value is -1.23. The van der Waals surface area contributed by atoms with E-state index in [9.17, 15) is 13.2 Å². The van der Waals surface area contributed by atoms with Crippen LogP contribution < -0.4 is 10.5 Å². The van der Waals surface area contributed by atoms with Crippen molar-refractivity contribution in [2.75, 3.05) is 0 Å². The molecule has 0 amide bonds. The van der Waals surface area contributed by atoms with Crippen LogP contribution in [0.2, 0.25) is 0 Å². The number of hydrogen-bond acceptors (Lipinski definition) is 2. The van der Waals surface area contributed by atoms with E-state index in [1.807, 2.05) is 13.8 Å². The maximum absolute atomic E-state index is 11.9. The van der Waals surface area contributed by atoms with Gasteiger partial charge in [-0.3, -0.25) is 0 Å². The summed E-state index contributed by atoms with van der Waals surface area (Å²) in [6.45, 7) is 3.88. The van der Waals surface area contributed by atoms with E-state index >= 15 is 0 Å². The topological polar surface area (TPSA) is 35.2 Å². The molecule has 1 aromatic rings. The first-order valence-corrected chi connectivity index (χ1v) is 5.35. The number of nitrogens with two attached hydrogens (primary N) is 1. The van der Waals surface area contributed by atoms with Gasteiger partial charge in [-0.1, -0.05) is 19.1 Å². The van der Waals surface area contributed by atoms with Crippen LogP contribution in [0.25, 0.3) is 0 Å². The third-order valence-corrected chi connectivity index (χ3v) is 2.57. The number of alkyl halides is 3. The molecule has 1 unspecified atom stereocenters. The number of halogens is 3. The normalized spacial score (nSPS) is 15.4. The van der Waals surface area contributed by atoms with Gasteiger partial charge in [-0.2, -0.15) is 0 Å². The Kier molecular flexibility index (Phi) is 4.03. The minimum Gasteiger partial charge on any atom is -0.406 e. The lowest BCUT2D eigenvalue weighted by Gasteiger charge is -2.22. The molecule has 0 aliphatic carbocycles. The smallest absolute Gasteiger partial charge is 0.406 e. The van der Waals surface area contributed by atoms with Gasteiger partial charge in [0.05, 0.1) is 0 Å². The predicted octanol–water partition coefficient (Wildman–Crippen LogP) is 3.26. The highest BCUT2D eigenvalue weighted by molar-refractivity contribution is 5.28. The highest BCUT2D eigenvalue weighted by Crippen LogP contribution is 2.23. The molecule has 2 N–H and O–H groups in total. The lowest BCUT2D eigenvalue weighted by molar-refractivity contribution is -0.274. The zero-order chi connectivity index (χ0) is 13.1. The second kappa shape index (κ2) is 4.96. The molecular formula is C12H16F3NO. The maximum atomic E-state index is 11.9. The minimum absolute atomic E-state index is 0.212. The van der Waals surface area contributed by atoms with Crippen LogP contribution in [0.5, 0.6) is 5.75 Å². The summed E-state index contributed by atoms with van der Waals surface area (Å²) >= 11 is 0. The zero-order valence-electron chi connectivity index (χ0n) is 9.84. The van der Waals surface area contributed by atoms with E-state index in [0.717, 1.165) is 12.0 Å². The average Bonchev–Trinajstić information content (AvgIpc) is 2.19. The Morgan fingerprint density at radius 2 is 1.71 bits per heavy atom. The molecule has 5 heteroatoms. The molecule has 0 saturated carbocycles. The predicted molar refractivity (Wildman–Crippen MR) is 59.7 cm³/mol. The van der Waals surface area contributed by atoms with Crippen molar-refractivity contribution in [3.8, 4) is 5.75 Å². The van der Waals surface area contributed by atoms with Gasteiger partial charge in [0.1, 0.15) is 5.75 Å². The van der Waals surface area contributed by atoms with Crippen molar-refractivity contribution in [3.05, 3.63) is 29.8 Å². The molecule has 0 aromatic heterocycles. The molecule has 0 saturated heterocycles. The Labute approximate surface area is 98.6 Å². The van der Waals surface area contributed by atoms with Crippen molar-refractivity contribution in [2.24, 2.45) is 5.73 Å². The van der Waals surface area contributed by atoms with Gasteiger partial charge in [-0.15, -0.1) is 13.2 Å². The molecule has 96 valence electrons. The molecule has 0 aliphatic heterocycles. The summed E-state index contributed by atoms with van der Waals surface area (Å²) in [5, 5.41) is 0. The fourth-order valence-corrected chi connectivity index (χ4v) is 1.40. The number of hydrogen-bond donors (Lipinski definition) is 1. The van der Waals surface area contributed by atoms with Crippen LogP contribution in [0.3, 0.4) is 0 Å². The molecule has 0 radical (unpaired) electrons. The number of ether oxygens (including phenoxy) is 1. The van der Waals surface area contributed by atoms with E-state index in [0.29, 0.717) is 6.42 Å². The summed E-state index contributed by atoms with van der Waals surface area (Å²) in [7, 11) is 0. The molecule has 2 nitrogen and oxygen atoms in total. The number of benzene rings is 1. The molecule has 0 bridgehead atoms. The molecular weight excluding hydrogens is 231 g/mol. The Balaban J connectivity index is 2.69. The van der Waals surface area contributed by atoms with E-state index in [4.69, 9.17) is 5.73 Å². The molecule has 0 aliphatic rings. The van der Waals surface area contributed by atoms with Crippen LogP contribution in [0.15, 0.2) is 24.3 Å². The first-order chi connectivity index (χ1) is 7.72. The van der Waals surface area contributed by atoms with Crippen LogP contribution in [-0.2, 0) is 6.42 Å². The van der Waals surface area contributed by atoms with Gasteiger partial charge in [-0.05, 0) is 37.5 Å². The van der Waals surface area contributed by atoms with E-state index in [2.05, 4.69) is 4.74 Å². The molecule has 1 aromatic carbocycles. The fraction of sp³-hybridized carbons (Fsp3) is 0.500. The third kappa shape index (κ3) is 5.08. The molecule has 1 atom stereocenters. The highest BCUT2D eigenvalue weighted by atomic mass is 19.4. The van der Waals surface area contributed by atoms with E-state index in [1.54, 1.807) is 12.1 Å². The molecule has 0 fully saturated rings. The second-order valence-corrected chi connectivity index (χ2v) is 4.38. The molecule has 0 spiro atoms. The summed E-state index contributed by atoms with van der Waals surface area (Å²) in [5.74, 6) is -0.212. The van der Waals surface area contributed by atoms with Crippen molar-refractivity contribution in [3.63, 3.8) is 0 Å². The Bertz CT molecular complexity index is 357. The molecule has 0 heterocycles. The highest BCUT2D eigenvalue weighted by Gasteiger charge is 2.31. The van der Waals surface area contributed by atoms with Crippen LogP contribution >= 0.6 is 0 Å². The van der Waals surface area contributed by atoms with Crippen LogP contribution in [0.1, 0.15) is 25.8 Å². The van der Waals surface area contributed by atoms with Crippen LogP contribution in [-0.4, -0.2) is 11.9 Å². The summed E-state index contributed by atoms with van der Waals surface area (Å²) in [5.41, 5.74) is 6.53. The quantitative estimate of drug-likeness (QED) is 0.886. The Morgan fingerprint density at radius 3 is 2.12 bits per heavy atom. The lowest BCUT2D eigenvalue weighted by atomic mass is 9.91. The maximum Gasteiger partial charge on any atom is 0.573 e. The van der Waals surface area contributed by atoms with Gasteiger partial charge in [0, 0.05) is 5.54 Å². The van der Waals surface area contributed by atoms with Crippen molar-refractivity contribution in [2.45, 2.75) is 38.6 Å². The fourth-order valence-electron chi connectivity index (χ4n) is 1.40. The average molecular weight is 247 g/mol.